The van der Waals surface area contributed by atoms with E-state index in [0.717, 1.165) is 0 Å². The molecule has 3 rings (SSSR count). The zero-order valence-electron chi connectivity index (χ0n) is 10.4. The Bertz CT molecular complexity index is 675. The van der Waals surface area contributed by atoms with Crippen LogP contribution in [0.25, 0.3) is 0 Å². The molecule has 0 aliphatic rings. The Morgan fingerprint density at radius 3 is 1.45 bits per heavy atom. The fraction of sp³-hybridized carbons (Fsp3) is 0. The van der Waals surface area contributed by atoms with Crippen molar-refractivity contribution in [3.05, 3.63) is 80.2 Å². The van der Waals surface area contributed by atoms with Crippen LogP contribution in [0.1, 0.15) is 30.5 Å². The van der Waals surface area contributed by atoms with Gasteiger partial charge in [-0.05, 0) is 22.9 Å². The monoisotopic (exact) mass is 298 g/mol. The fourth-order valence-electron chi connectivity index (χ4n) is 1.96. The SMILES string of the molecule is O=C(c1cccs1)c1ccccc1C(=O)c1cccs1. The highest BCUT2D eigenvalue weighted by molar-refractivity contribution is 7.12. The first-order chi connectivity index (χ1) is 9.77. The molecule has 3 aromatic rings. The second kappa shape index (κ2) is 5.53. The molecule has 0 radical (unpaired) electrons. The summed E-state index contributed by atoms with van der Waals surface area (Å²) in [6, 6.07) is 14.2. The number of benzene rings is 1. The molecule has 0 fully saturated rings. The van der Waals surface area contributed by atoms with Crippen LogP contribution in [0, 0.1) is 0 Å². The molecule has 2 aromatic heterocycles. The van der Waals surface area contributed by atoms with Crippen LogP contribution in [0.5, 0.6) is 0 Å². The van der Waals surface area contributed by atoms with Crippen LogP contribution in [-0.2, 0) is 0 Å². The molecule has 0 saturated carbocycles. The Kier molecular flexibility index (Phi) is 3.58. The van der Waals surface area contributed by atoms with Gasteiger partial charge in [0.05, 0.1) is 9.75 Å². The summed E-state index contributed by atoms with van der Waals surface area (Å²) in [5.41, 5.74) is 0.932. The molecule has 0 amide bonds. The zero-order valence-corrected chi connectivity index (χ0v) is 12.0. The lowest BCUT2D eigenvalue weighted by molar-refractivity contribution is 0.101. The van der Waals surface area contributed by atoms with Gasteiger partial charge in [-0.1, -0.05) is 36.4 Å². The third-order valence-corrected chi connectivity index (χ3v) is 4.64. The second-order valence-corrected chi connectivity index (χ2v) is 6.05. The van der Waals surface area contributed by atoms with Crippen molar-refractivity contribution in [2.75, 3.05) is 0 Å². The van der Waals surface area contributed by atoms with E-state index >= 15 is 0 Å². The first-order valence-corrected chi connectivity index (χ1v) is 7.79. The Labute approximate surface area is 124 Å². The topological polar surface area (TPSA) is 34.1 Å². The predicted molar refractivity (Wildman–Crippen MR) is 81.9 cm³/mol. The lowest BCUT2D eigenvalue weighted by atomic mass is 9.99. The van der Waals surface area contributed by atoms with Gasteiger partial charge in [0.1, 0.15) is 0 Å². The maximum atomic E-state index is 12.5. The van der Waals surface area contributed by atoms with E-state index in [0.29, 0.717) is 20.9 Å². The fourth-order valence-corrected chi connectivity index (χ4v) is 3.32. The van der Waals surface area contributed by atoms with Crippen molar-refractivity contribution < 1.29 is 9.59 Å². The van der Waals surface area contributed by atoms with Crippen molar-refractivity contribution >= 4 is 34.2 Å². The Morgan fingerprint density at radius 1 is 0.650 bits per heavy atom. The van der Waals surface area contributed by atoms with Crippen molar-refractivity contribution in [1.82, 2.24) is 0 Å². The van der Waals surface area contributed by atoms with E-state index in [1.807, 2.05) is 22.9 Å². The molecule has 98 valence electrons. The highest BCUT2D eigenvalue weighted by atomic mass is 32.1. The third kappa shape index (κ3) is 2.35. The molecule has 0 aliphatic heterocycles. The largest absolute Gasteiger partial charge is 0.288 e. The van der Waals surface area contributed by atoms with Crippen LogP contribution < -0.4 is 0 Å². The zero-order chi connectivity index (χ0) is 13.9. The lowest BCUT2D eigenvalue weighted by Gasteiger charge is -2.05. The van der Waals surface area contributed by atoms with E-state index in [9.17, 15) is 9.59 Å². The molecule has 4 heteroatoms. The normalized spacial score (nSPS) is 10.4. The molecular weight excluding hydrogens is 288 g/mol. The molecule has 20 heavy (non-hydrogen) atoms. The summed E-state index contributed by atoms with van der Waals surface area (Å²) in [6.45, 7) is 0. The van der Waals surface area contributed by atoms with Crippen LogP contribution >= 0.6 is 22.7 Å². The van der Waals surface area contributed by atoms with E-state index in [-0.39, 0.29) is 11.6 Å². The van der Waals surface area contributed by atoms with Gasteiger partial charge in [-0.3, -0.25) is 9.59 Å². The first kappa shape index (κ1) is 13.0. The van der Waals surface area contributed by atoms with Crippen LogP contribution in [0.2, 0.25) is 0 Å². The van der Waals surface area contributed by atoms with Gasteiger partial charge < -0.3 is 0 Å². The predicted octanol–water partition coefficient (Wildman–Crippen LogP) is 4.27. The molecule has 2 heterocycles. The highest BCUT2D eigenvalue weighted by Gasteiger charge is 2.19. The summed E-state index contributed by atoms with van der Waals surface area (Å²) in [5.74, 6) is -0.194. The van der Waals surface area contributed by atoms with Crippen LogP contribution in [0.15, 0.2) is 59.3 Å². The minimum absolute atomic E-state index is 0.0968. The van der Waals surface area contributed by atoms with E-state index in [2.05, 4.69) is 0 Å². The van der Waals surface area contributed by atoms with Crippen molar-refractivity contribution in [2.45, 2.75) is 0 Å². The minimum atomic E-state index is -0.0968. The molecule has 0 N–H and O–H groups in total. The number of hydrogen-bond acceptors (Lipinski definition) is 4. The molecule has 0 unspecified atom stereocenters. The van der Waals surface area contributed by atoms with Gasteiger partial charge in [-0.2, -0.15) is 0 Å². The number of carbonyl (C=O) groups excluding carboxylic acids is 2. The molecule has 0 bridgehead atoms. The van der Waals surface area contributed by atoms with Crippen molar-refractivity contribution in [2.24, 2.45) is 0 Å². The average Bonchev–Trinajstić information content (AvgIpc) is 3.18. The van der Waals surface area contributed by atoms with Crippen LogP contribution in [0.4, 0.5) is 0 Å². The van der Waals surface area contributed by atoms with Crippen molar-refractivity contribution in [3.8, 4) is 0 Å². The van der Waals surface area contributed by atoms with Crippen molar-refractivity contribution in [1.29, 1.82) is 0 Å². The van der Waals surface area contributed by atoms with Crippen molar-refractivity contribution in [3.63, 3.8) is 0 Å². The summed E-state index contributed by atoms with van der Waals surface area (Å²) >= 11 is 2.77. The molecule has 0 atom stereocenters. The molecule has 0 aliphatic carbocycles. The number of rotatable bonds is 4. The highest BCUT2D eigenvalue weighted by Crippen LogP contribution is 2.22. The van der Waals surface area contributed by atoms with Gasteiger partial charge in [0, 0.05) is 11.1 Å². The van der Waals surface area contributed by atoms with Gasteiger partial charge in [0.25, 0.3) is 0 Å². The molecule has 2 nitrogen and oxygen atoms in total. The van der Waals surface area contributed by atoms with Gasteiger partial charge in [-0.25, -0.2) is 0 Å². The second-order valence-electron chi connectivity index (χ2n) is 4.16. The number of hydrogen-bond donors (Lipinski definition) is 0. The summed E-state index contributed by atoms with van der Waals surface area (Å²) in [5, 5.41) is 3.72. The van der Waals surface area contributed by atoms with E-state index < -0.39 is 0 Å². The standard InChI is InChI=1S/C16H10O2S2/c17-15(13-7-3-9-19-13)11-5-1-2-6-12(11)16(18)14-8-4-10-20-14/h1-10H. The molecule has 1 aromatic carbocycles. The smallest absolute Gasteiger partial charge is 0.203 e. The number of carbonyl (C=O) groups is 2. The van der Waals surface area contributed by atoms with E-state index in [1.165, 1.54) is 22.7 Å². The quantitative estimate of drug-likeness (QED) is 0.674. The maximum absolute atomic E-state index is 12.5. The number of thiophene rings is 2. The molecule has 0 saturated heterocycles. The summed E-state index contributed by atoms with van der Waals surface area (Å²) in [6.07, 6.45) is 0. The average molecular weight is 298 g/mol. The lowest BCUT2D eigenvalue weighted by Crippen LogP contribution is -2.09. The Morgan fingerprint density at radius 2 is 1.10 bits per heavy atom. The van der Waals surface area contributed by atoms with Gasteiger partial charge in [0.15, 0.2) is 0 Å². The minimum Gasteiger partial charge on any atom is -0.288 e. The molecular formula is C16H10O2S2. The van der Waals surface area contributed by atoms with Crippen LogP contribution in [0.3, 0.4) is 0 Å². The van der Waals surface area contributed by atoms with Gasteiger partial charge in [-0.15, -0.1) is 22.7 Å². The van der Waals surface area contributed by atoms with E-state index in [4.69, 9.17) is 0 Å². The summed E-state index contributed by atoms with van der Waals surface area (Å²) in [7, 11) is 0. The Balaban J connectivity index is 2.05. The van der Waals surface area contributed by atoms with E-state index in [1.54, 1.807) is 36.4 Å². The Hall–Kier alpha value is -2.04. The van der Waals surface area contributed by atoms with Gasteiger partial charge >= 0.3 is 0 Å². The maximum Gasteiger partial charge on any atom is 0.203 e. The summed E-state index contributed by atoms with van der Waals surface area (Å²) < 4.78 is 0. The molecule has 0 spiro atoms. The summed E-state index contributed by atoms with van der Waals surface area (Å²) in [4.78, 5) is 26.2. The third-order valence-electron chi connectivity index (χ3n) is 2.91. The van der Waals surface area contributed by atoms with Crippen LogP contribution in [-0.4, -0.2) is 11.6 Å². The number of ketones is 2. The first-order valence-electron chi connectivity index (χ1n) is 6.03. The van der Waals surface area contributed by atoms with Gasteiger partial charge in [0.2, 0.25) is 11.6 Å².